The molecule has 4 nitrogen and oxygen atoms in total. The second-order valence-corrected chi connectivity index (χ2v) is 6.18. The number of rotatable bonds is 1. The van der Waals surface area contributed by atoms with E-state index in [1.54, 1.807) is 0 Å². The maximum atomic E-state index is 11.8. The molecule has 0 aromatic rings. The summed E-state index contributed by atoms with van der Waals surface area (Å²) in [5.41, 5.74) is 0.254. The van der Waals surface area contributed by atoms with Gasteiger partial charge in [0.25, 0.3) is 0 Å². The SMILES string of the molecule is COC(=O)[C@H]1ON2CCC3CCC1C2C3(C)C. The van der Waals surface area contributed by atoms with E-state index in [1.807, 2.05) is 0 Å². The van der Waals surface area contributed by atoms with Crippen LogP contribution in [0.4, 0.5) is 0 Å². The summed E-state index contributed by atoms with van der Waals surface area (Å²) in [6.07, 6.45) is 3.13. The molecule has 3 fully saturated rings. The van der Waals surface area contributed by atoms with Crippen molar-refractivity contribution in [3.8, 4) is 0 Å². The van der Waals surface area contributed by atoms with Gasteiger partial charge < -0.3 is 4.74 Å². The highest BCUT2D eigenvalue weighted by Crippen LogP contribution is 2.54. The fourth-order valence-corrected chi connectivity index (χ4v) is 4.23. The van der Waals surface area contributed by atoms with Crippen LogP contribution in [0.2, 0.25) is 0 Å². The van der Waals surface area contributed by atoms with Gasteiger partial charge in [0.1, 0.15) is 0 Å². The highest BCUT2D eigenvalue weighted by molar-refractivity contribution is 5.75. The van der Waals surface area contributed by atoms with Gasteiger partial charge in [-0.15, -0.1) is 0 Å². The van der Waals surface area contributed by atoms with Crippen LogP contribution in [0.3, 0.4) is 0 Å². The number of esters is 1. The molecule has 2 heterocycles. The van der Waals surface area contributed by atoms with E-state index < -0.39 is 0 Å². The third-order valence-corrected chi connectivity index (χ3v) is 5.15. The Morgan fingerprint density at radius 2 is 2.12 bits per heavy atom. The van der Waals surface area contributed by atoms with E-state index >= 15 is 0 Å². The Bertz CT molecular complexity index is 342. The van der Waals surface area contributed by atoms with Crippen molar-refractivity contribution in [3.05, 3.63) is 0 Å². The summed E-state index contributed by atoms with van der Waals surface area (Å²) in [7, 11) is 1.44. The molecule has 3 rings (SSSR count). The van der Waals surface area contributed by atoms with E-state index in [0.717, 1.165) is 18.9 Å². The van der Waals surface area contributed by atoms with Crippen LogP contribution in [0, 0.1) is 17.3 Å². The van der Waals surface area contributed by atoms with Crippen molar-refractivity contribution < 1.29 is 14.4 Å². The van der Waals surface area contributed by atoms with Gasteiger partial charge >= 0.3 is 5.97 Å². The maximum Gasteiger partial charge on any atom is 0.337 e. The van der Waals surface area contributed by atoms with Crippen molar-refractivity contribution in [2.45, 2.75) is 45.3 Å². The number of methoxy groups -OCH3 is 1. The van der Waals surface area contributed by atoms with E-state index in [9.17, 15) is 4.79 Å². The van der Waals surface area contributed by atoms with E-state index in [-0.39, 0.29) is 17.5 Å². The zero-order valence-electron chi connectivity index (χ0n) is 10.8. The molecular formula is C13H21NO3. The molecule has 4 atom stereocenters. The average Bonchev–Trinajstić information content (AvgIpc) is 2.67. The van der Waals surface area contributed by atoms with Crippen LogP contribution in [0.1, 0.15) is 33.1 Å². The standard InChI is InChI=1S/C13H21NO3/c1-13(2)8-4-5-9-10(12(15)16-3)17-14(7-6-8)11(9)13/h8-11H,4-7H2,1-3H3/t8?,9?,10-,11?/m0/s1. The minimum atomic E-state index is -0.372. The quantitative estimate of drug-likeness (QED) is 0.652. The lowest BCUT2D eigenvalue weighted by Gasteiger charge is -2.52. The van der Waals surface area contributed by atoms with Crippen molar-refractivity contribution >= 4 is 5.97 Å². The molecule has 2 aliphatic heterocycles. The number of hydroxylamine groups is 2. The van der Waals surface area contributed by atoms with E-state index in [2.05, 4.69) is 18.9 Å². The number of hydrogen-bond acceptors (Lipinski definition) is 4. The molecule has 2 bridgehead atoms. The predicted molar refractivity (Wildman–Crippen MR) is 62.0 cm³/mol. The third kappa shape index (κ3) is 1.47. The van der Waals surface area contributed by atoms with E-state index in [4.69, 9.17) is 9.57 Å². The summed E-state index contributed by atoms with van der Waals surface area (Å²) in [6, 6.07) is 0.388. The number of fused-ring (bicyclic) bond motifs is 1. The van der Waals surface area contributed by atoms with Crippen molar-refractivity contribution in [1.29, 1.82) is 0 Å². The van der Waals surface area contributed by atoms with Crippen molar-refractivity contribution in [2.75, 3.05) is 13.7 Å². The van der Waals surface area contributed by atoms with E-state index in [0.29, 0.717) is 12.0 Å². The summed E-state index contributed by atoms with van der Waals surface area (Å²) in [5, 5.41) is 2.06. The lowest BCUT2D eigenvalue weighted by Crippen LogP contribution is -2.55. The molecule has 0 aromatic heterocycles. The van der Waals surface area contributed by atoms with Crippen LogP contribution in [0.15, 0.2) is 0 Å². The Kier molecular flexibility index (Phi) is 2.49. The smallest absolute Gasteiger partial charge is 0.337 e. The second kappa shape index (κ2) is 3.69. The molecule has 0 radical (unpaired) electrons. The van der Waals surface area contributed by atoms with Gasteiger partial charge in [0.2, 0.25) is 0 Å². The average molecular weight is 239 g/mol. The first kappa shape index (κ1) is 11.5. The zero-order valence-corrected chi connectivity index (χ0v) is 10.8. The highest BCUT2D eigenvalue weighted by Gasteiger charge is 2.59. The summed E-state index contributed by atoms with van der Waals surface area (Å²) < 4.78 is 4.87. The van der Waals surface area contributed by atoms with Gasteiger partial charge in [-0.05, 0) is 30.6 Å². The first-order valence-electron chi connectivity index (χ1n) is 6.57. The van der Waals surface area contributed by atoms with Gasteiger partial charge in [-0.3, -0.25) is 4.84 Å². The van der Waals surface area contributed by atoms with Gasteiger partial charge in [0, 0.05) is 18.5 Å². The molecule has 3 aliphatic rings. The van der Waals surface area contributed by atoms with Crippen molar-refractivity contribution in [3.63, 3.8) is 0 Å². The Balaban J connectivity index is 1.92. The first-order chi connectivity index (χ1) is 8.05. The van der Waals surface area contributed by atoms with Crippen LogP contribution in [0.25, 0.3) is 0 Å². The minimum absolute atomic E-state index is 0.210. The van der Waals surface area contributed by atoms with Crippen molar-refractivity contribution in [1.82, 2.24) is 5.06 Å². The number of carbonyl (C=O) groups excluding carboxylic acids is 1. The fraction of sp³-hybridized carbons (Fsp3) is 0.923. The first-order valence-corrected chi connectivity index (χ1v) is 6.57. The molecule has 4 heteroatoms. The molecule has 96 valence electrons. The number of ether oxygens (including phenoxy) is 1. The Morgan fingerprint density at radius 1 is 1.35 bits per heavy atom. The Labute approximate surface area is 102 Å². The molecule has 3 unspecified atom stereocenters. The normalized spacial score (nSPS) is 43.5. The largest absolute Gasteiger partial charge is 0.467 e. The molecule has 2 saturated heterocycles. The van der Waals surface area contributed by atoms with Crippen LogP contribution in [-0.4, -0.2) is 36.8 Å². The topological polar surface area (TPSA) is 38.8 Å². The highest BCUT2D eigenvalue weighted by atomic mass is 16.7. The summed E-state index contributed by atoms with van der Waals surface area (Å²) >= 11 is 0. The third-order valence-electron chi connectivity index (χ3n) is 5.15. The van der Waals surface area contributed by atoms with Crippen LogP contribution in [0.5, 0.6) is 0 Å². The lowest BCUT2D eigenvalue weighted by molar-refractivity contribution is -0.211. The van der Waals surface area contributed by atoms with Gasteiger partial charge in [-0.2, -0.15) is 5.06 Å². The predicted octanol–water partition coefficient (Wildman–Crippen LogP) is 1.60. The molecule has 0 spiro atoms. The molecule has 1 aliphatic carbocycles. The molecule has 17 heavy (non-hydrogen) atoms. The molecule has 1 saturated carbocycles. The Hall–Kier alpha value is -0.610. The maximum absolute atomic E-state index is 11.8. The second-order valence-electron chi connectivity index (χ2n) is 6.18. The summed E-state index contributed by atoms with van der Waals surface area (Å²) in [6.45, 7) is 5.61. The molecule has 0 N–H and O–H groups in total. The van der Waals surface area contributed by atoms with Gasteiger partial charge in [-0.25, -0.2) is 4.79 Å². The van der Waals surface area contributed by atoms with Crippen LogP contribution in [-0.2, 0) is 14.4 Å². The summed E-state index contributed by atoms with van der Waals surface area (Å²) in [4.78, 5) is 17.6. The summed E-state index contributed by atoms with van der Waals surface area (Å²) in [5.74, 6) is 0.882. The van der Waals surface area contributed by atoms with Gasteiger partial charge in [-0.1, -0.05) is 13.8 Å². The van der Waals surface area contributed by atoms with Gasteiger partial charge in [0.05, 0.1) is 7.11 Å². The number of carbonyl (C=O) groups is 1. The number of piperidine rings is 1. The molecule has 0 amide bonds. The monoisotopic (exact) mass is 239 g/mol. The van der Waals surface area contributed by atoms with Crippen molar-refractivity contribution in [2.24, 2.45) is 17.3 Å². The minimum Gasteiger partial charge on any atom is -0.467 e. The molecular weight excluding hydrogens is 218 g/mol. The molecule has 0 aromatic carbocycles. The lowest BCUT2D eigenvalue weighted by atomic mass is 9.58. The number of nitrogens with zero attached hydrogens (tertiary/aromatic N) is 1. The Morgan fingerprint density at radius 3 is 2.82 bits per heavy atom. The zero-order chi connectivity index (χ0) is 12.2. The van der Waals surface area contributed by atoms with Gasteiger partial charge in [0.15, 0.2) is 6.10 Å². The van der Waals surface area contributed by atoms with Crippen LogP contribution >= 0.6 is 0 Å². The fourth-order valence-electron chi connectivity index (χ4n) is 4.23. The van der Waals surface area contributed by atoms with E-state index in [1.165, 1.54) is 20.0 Å². The number of hydrogen-bond donors (Lipinski definition) is 0. The van der Waals surface area contributed by atoms with Crippen LogP contribution < -0.4 is 0 Å².